The van der Waals surface area contributed by atoms with Crippen LogP contribution in [0.15, 0.2) is 18.2 Å². The predicted molar refractivity (Wildman–Crippen MR) is 50.3 cm³/mol. The molecule has 0 aliphatic carbocycles. The molecule has 14 heavy (non-hydrogen) atoms. The van der Waals surface area contributed by atoms with Gasteiger partial charge in [0.2, 0.25) is 0 Å². The highest BCUT2D eigenvalue weighted by molar-refractivity contribution is 5.89. The molecule has 0 aliphatic rings. The molecule has 0 aromatic heterocycles. The number of methoxy groups -OCH3 is 1. The zero-order valence-corrected chi connectivity index (χ0v) is 8.08. The van der Waals surface area contributed by atoms with E-state index in [1.807, 2.05) is 0 Å². The highest BCUT2D eigenvalue weighted by Crippen LogP contribution is 2.15. The Labute approximate surface area is 81.7 Å². The number of hydrogen-bond acceptors (Lipinski definition) is 3. The average Bonchev–Trinajstić information content (AvgIpc) is 2.16. The van der Waals surface area contributed by atoms with Crippen molar-refractivity contribution >= 4 is 5.97 Å². The third-order valence-electron chi connectivity index (χ3n) is 1.92. The van der Waals surface area contributed by atoms with Gasteiger partial charge in [0.15, 0.2) is 0 Å². The summed E-state index contributed by atoms with van der Waals surface area (Å²) in [7, 11) is 1.21. The van der Waals surface area contributed by atoms with Gasteiger partial charge in [-0.3, -0.25) is 0 Å². The van der Waals surface area contributed by atoms with Gasteiger partial charge in [-0.25, -0.2) is 9.18 Å². The van der Waals surface area contributed by atoms with E-state index in [9.17, 15) is 9.18 Å². The van der Waals surface area contributed by atoms with Gasteiger partial charge in [-0.05, 0) is 24.6 Å². The molecule has 4 heteroatoms. The summed E-state index contributed by atoms with van der Waals surface area (Å²) in [5, 5.41) is 0. The van der Waals surface area contributed by atoms with E-state index in [-0.39, 0.29) is 11.6 Å². The van der Waals surface area contributed by atoms with Crippen LogP contribution >= 0.6 is 0 Å². The Morgan fingerprint density at radius 2 is 2.21 bits per heavy atom. The molecular formula is C10H12FNO2. The van der Waals surface area contributed by atoms with Gasteiger partial charge in [0.05, 0.1) is 12.7 Å². The molecular weight excluding hydrogens is 185 g/mol. The fraction of sp³-hybridized carbons (Fsp3) is 0.300. The Balaban J connectivity index is 3.07. The van der Waals surface area contributed by atoms with Gasteiger partial charge in [0, 0.05) is 6.04 Å². The summed E-state index contributed by atoms with van der Waals surface area (Å²) >= 11 is 0. The lowest BCUT2D eigenvalue weighted by Crippen LogP contribution is -2.08. The molecule has 0 spiro atoms. The van der Waals surface area contributed by atoms with Crippen molar-refractivity contribution < 1.29 is 13.9 Å². The normalized spacial score (nSPS) is 12.3. The van der Waals surface area contributed by atoms with Crippen LogP contribution in [0.5, 0.6) is 0 Å². The van der Waals surface area contributed by atoms with E-state index in [2.05, 4.69) is 4.74 Å². The standard InChI is InChI=1S/C10H12FNO2/c1-6(12)7-3-4-8(9(11)5-7)10(13)14-2/h3-6H,12H2,1-2H3. The number of ether oxygens (including phenoxy) is 1. The molecule has 0 radical (unpaired) electrons. The third-order valence-corrected chi connectivity index (χ3v) is 1.92. The van der Waals surface area contributed by atoms with Crippen molar-refractivity contribution in [2.45, 2.75) is 13.0 Å². The Morgan fingerprint density at radius 1 is 1.57 bits per heavy atom. The van der Waals surface area contributed by atoms with Gasteiger partial charge >= 0.3 is 5.97 Å². The molecule has 3 nitrogen and oxygen atoms in total. The van der Waals surface area contributed by atoms with E-state index in [1.54, 1.807) is 13.0 Å². The maximum absolute atomic E-state index is 13.3. The minimum Gasteiger partial charge on any atom is -0.465 e. The highest BCUT2D eigenvalue weighted by atomic mass is 19.1. The molecule has 1 atom stereocenters. The van der Waals surface area contributed by atoms with Crippen LogP contribution in [0.2, 0.25) is 0 Å². The van der Waals surface area contributed by atoms with Crippen molar-refractivity contribution in [3.05, 3.63) is 35.1 Å². The Morgan fingerprint density at radius 3 is 2.64 bits per heavy atom. The topological polar surface area (TPSA) is 52.3 Å². The van der Waals surface area contributed by atoms with Crippen LogP contribution in [-0.2, 0) is 4.74 Å². The molecule has 1 aromatic carbocycles. The van der Waals surface area contributed by atoms with Crippen LogP contribution < -0.4 is 5.73 Å². The summed E-state index contributed by atoms with van der Waals surface area (Å²) in [6, 6.07) is 3.98. The van der Waals surface area contributed by atoms with Crippen molar-refractivity contribution in [2.24, 2.45) is 5.73 Å². The van der Waals surface area contributed by atoms with Crippen LogP contribution in [-0.4, -0.2) is 13.1 Å². The monoisotopic (exact) mass is 197 g/mol. The van der Waals surface area contributed by atoms with Crippen molar-refractivity contribution in [1.82, 2.24) is 0 Å². The van der Waals surface area contributed by atoms with Crippen LogP contribution in [0.25, 0.3) is 0 Å². The maximum atomic E-state index is 13.3. The summed E-state index contributed by atoms with van der Waals surface area (Å²) in [5.41, 5.74) is 6.13. The molecule has 0 aliphatic heterocycles. The van der Waals surface area contributed by atoms with Crippen LogP contribution in [0.1, 0.15) is 28.9 Å². The number of rotatable bonds is 2. The minimum atomic E-state index is -0.682. The number of carbonyl (C=O) groups is 1. The first-order chi connectivity index (χ1) is 6.56. The van der Waals surface area contributed by atoms with E-state index in [0.29, 0.717) is 5.56 Å². The predicted octanol–water partition coefficient (Wildman–Crippen LogP) is 1.63. The molecule has 0 bridgehead atoms. The van der Waals surface area contributed by atoms with Crippen LogP contribution in [0.3, 0.4) is 0 Å². The van der Waals surface area contributed by atoms with E-state index in [1.165, 1.54) is 19.2 Å². The van der Waals surface area contributed by atoms with Gasteiger partial charge in [-0.15, -0.1) is 0 Å². The Kier molecular flexibility index (Phi) is 3.19. The summed E-state index contributed by atoms with van der Waals surface area (Å²) in [4.78, 5) is 11.0. The zero-order chi connectivity index (χ0) is 10.7. The van der Waals surface area contributed by atoms with Crippen molar-refractivity contribution in [3.8, 4) is 0 Å². The number of hydrogen-bond donors (Lipinski definition) is 1. The fourth-order valence-corrected chi connectivity index (χ4v) is 1.09. The van der Waals surface area contributed by atoms with Crippen LogP contribution in [0, 0.1) is 5.82 Å². The first-order valence-electron chi connectivity index (χ1n) is 4.19. The maximum Gasteiger partial charge on any atom is 0.340 e. The molecule has 1 aromatic rings. The molecule has 1 rings (SSSR count). The molecule has 1 unspecified atom stereocenters. The molecule has 0 heterocycles. The second-order valence-corrected chi connectivity index (χ2v) is 3.02. The second-order valence-electron chi connectivity index (χ2n) is 3.02. The number of carbonyl (C=O) groups excluding carboxylic acids is 1. The van der Waals surface area contributed by atoms with E-state index < -0.39 is 11.8 Å². The lowest BCUT2D eigenvalue weighted by atomic mass is 10.1. The number of nitrogens with two attached hydrogens (primary N) is 1. The van der Waals surface area contributed by atoms with E-state index in [0.717, 1.165) is 0 Å². The molecule has 2 N–H and O–H groups in total. The summed E-state index contributed by atoms with van der Waals surface area (Å²) in [5.74, 6) is -1.29. The smallest absolute Gasteiger partial charge is 0.340 e. The Bertz CT molecular complexity index is 350. The van der Waals surface area contributed by atoms with Gasteiger partial charge in [-0.2, -0.15) is 0 Å². The second kappa shape index (κ2) is 4.19. The average molecular weight is 197 g/mol. The quantitative estimate of drug-likeness (QED) is 0.733. The van der Waals surface area contributed by atoms with Gasteiger partial charge in [0.25, 0.3) is 0 Å². The van der Waals surface area contributed by atoms with Gasteiger partial charge < -0.3 is 10.5 Å². The molecule has 76 valence electrons. The van der Waals surface area contributed by atoms with Gasteiger partial charge in [0.1, 0.15) is 5.82 Å². The first kappa shape index (κ1) is 10.7. The lowest BCUT2D eigenvalue weighted by molar-refractivity contribution is 0.0595. The number of halogens is 1. The van der Waals surface area contributed by atoms with Crippen molar-refractivity contribution in [3.63, 3.8) is 0 Å². The van der Waals surface area contributed by atoms with Crippen molar-refractivity contribution in [2.75, 3.05) is 7.11 Å². The molecule has 0 saturated carbocycles. The summed E-state index contributed by atoms with van der Waals surface area (Å²) in [6.45, 7) is 1.74. The third kappa shape index (κ3) is 2.09. The SMILES string of the molecule is COC(=O)c1ccc(C(C)N)cc1F. The summed E-state index contributed by atoms with van der Waals surface area (Å²) in [6.07, 6.45) is 0. The zero-order valence-electron chi connectivity index (χ0n) is 8.08. The lowest BCUT2D eigenvalue weighted by Gasteiger charge is -2.07. The molecule has 0 amide bonds. The fourth-order valence-electron chi connectivity index (χ4n) is 1.09. The number of benzene rings is 1. The molecule has 0 fully saturated rings. The first-order valence-corrected chi connectivity index (χ1v) is 4.19. The summed E-state index contributed by atoms with van der Waals surface area (Å²) < 4.78 is 17.7. The van der Waals surface area contributed by atoms with E-state index >= 15 is 0 Å². The van der Waals surface area contributed by atoms with Gasteiger partial charge in [-0.1, -0.05) is 6.07 Å². The van der Waals surface area contributed by atoms with E-state index in [4.69, 9.17) is 5.73 Å². The number of esters is 1. The highest BCUT2D eigenvalue weighted by Gasteiger charge is 2.12. The molecule has 0 saturated heterocycles. The van der Waals surface area contributed by atoms with Crippen molar-refractivity contribution in [1.29, 1.82) is 0 Å². The largest absolute Gasteiger partial charge is 0.465 e. The van der Waals surface area contributed by atoms with Crippen LogP contribution in [0.4, 0.5) is 4.39 Å². The Hall–Kier alpha value is -1.42. The minimum absolute atomic E-state index is 0.0723.